The van der Waals surface area contributed by atoms with Crippen molar-refractivity contribution in [3.8, 4) is 0 Å². The van der Waals surface area contributed by atoms with E-state index in [-0.39, 0.29) is 11.3 Å². The molecule has 0 aromatic carbocycles. The molecule has 0 aromatic heterocycles. The lowest BCUT2D eigenvalue weighted by atomic mass is 9.79. The summed E-state index contributed by atoms with van der Waals surface area (Å²) in [6, 6.07) is 0. The third-order valence-corrected chi connectivity index (χ3v) is 3.32. The number of carboxylic acids is 1. The Hall–Kier alpha value is -0.353. The summed E-state index contributed by atoms with van der Waals surface area (Å²) in [5.74, 6) is -0.816. The second kappa shape index (κ2) is 4.93. The van der Waals surface area contributed by atoms with Crippen LogP contribution in [0.1, 0.15) is 27.7 Å². The lowest BCUT2D eigenvalue weighted by molar-refractivity contribution is -0.149. The molecule has 2 unspecified atom stereocenters. The molecule has 0 aliphatic carbocycles. The number of hydrogen-bond donors (Lipinski definition) is 1. The highest BCUT2D eigenvalue weighted by Gasteiger charge is 2.34. The van der Waals surface area contributed by atoms with E-state index < -0.39 is 21.1 Å². The minimum Gasteiger partial charge on any atom is -0.479 e. The molecule has 0 saturated carbocycles. The molecule has 4 heteroatoms. The summed E-state index contributed by atoms with van der Waals surface area (Å²) in [5.41, 5.74) is -0.0354. The molecular formula is C10H22O3Si. The van der Waals surface area contributed by atoms with Crippen molar-refractivity contribution in [3.63, 3.8) is 0 Å². The summed E-state index contributed by atoms with van der Waals surface area (Å²) in [7, 11) is -1.29. The molecule has 0 rings (SSSR count). The van der Waals surface area contributed by atoms with Crippen LogP contribution in [-0.4, -0.2) is 26.2 Å². The SMILES string of the molecule is CC(C(O[SiH](C)C)C(=O)O)C(C)(C)C. The summed E-state index contributed by atoms with van der Waals surface area (Å²) in [5, 5.41) is 9.05. The molecule has 0 heterocycles. The van der Waals surface area contributed by atoms with E-state index in [0.717, 1.165) is 0 Å². The number of hydrogen-bond acceptors (Lipinski definition) is 2. The molecule has 0 fully saturated rings. The minimum atomic E-state index is -1.29. The van der Waals surface area contributed by atoms with Crippen LogP contribution in [0.25, 0.3) is 0 Å². The maximum Gasteiger partial charge on any atom is 0.331 e. The van der Waals surface area contributed by atoms with Crippen LogP contribution in [-0.2, 0) is 9.22 Å². The molecule has 0 radical (unpaired) electrons. The molecule has 14 heavy (non-hydrogen) atoms. The normalized spacial score (nSPS) is 16.8. The van der Waals surface area contributed by atoms with Gasteiger partial charge in [0.25, 0.3) is 0 Å². The van der Waals surface area contributed by atoms with Gasteiger partial charge in [0.2, 0.25) is 0 Å². The van der Waals surface area contributed by atoms with E-state index in [1.165, 1.54) is 0 Å². The molecule has 0 bridgehead atoms. The van der Waals surface area contributed by atoms with Gasteiger partial charge in [-0.05, 0) is 24.4 Å². The third kappa shape index (κ3) is 4.24. The number of carbonyl (C=O) groups is 1. The fraction of sp³-hybridized carbons (Fsp3) is 0.900. The molecule has 3 nitrogen and oxygen atoms in total. The highest BCUT2D eigenvalue weighted by molar-refractivity contribution is 6.48. The van der Waals surface area contributed by atoms with Crippen molar-refractivity contribution >= 4 is 15.0 Å². The molecule has 2 atom stereocenters. The maximum atomic E-state index is 11.0. The fourth-order valence-electron chi connectivity index (χ4n) is 1.14. The molecule has 84 valence electrons. The van der Waals surface area contributed by atoms with E-state index in [4.69, 9.17) is 9.53 Å². The molecule has 0 aliphatic rings. The van der Waals surface area contributed by atoms with Crippen molar-refractivity contribution in [2.45, 2.75) is 46.9 Å². The zero-order valence-corrected chi connectivity index (χ0v) is 11.2. The van der Waals surface area contributed by atoms with Crippen LogP contribution < -0.4 is 0 Å². The van der Waals surface area contributed by atoms with Gasteiger partial charge in [-0.3, -0.25) is 0 Å². The van der Waals surface area contributed by atoms with E-state index in [1.807, 2.05) is 40.8 Å². The first kappa shape index (κ1) is 13.6. The second-order valence-electron chi connectivity index (χ2n) is 5.10. The predicted molar refractivity (Wildman–Crippen MR) is 60.0 cm³/mol. The van der Waals surface area contributed by atoms with Crippen LogP contribution in [0.15, 0.2) is 0 Å². The molecular weight excluding hydrogens is 196 g/mol. The molecule has 1 N–H and O–H groups in total. The third-order valence-electron chi connectivity index (χ3n) is 2.48. The van der Waals surface area contributed by atoms with E-state index >= 15 is 0 Å². The Bertz CT molecular complexity index is 196. The quantitative estimate of drug-likeness (QED) is 0.735. The maximum absolute atomic E-state index is 11.0. The van der Waals surface area contributed by atoms with Crippen molar-refractivity contribution in [2.24, 2.45) is 11.3 Å². The Morgan fingerprint density at radius 2 is 1.79 bits per heavy atom. The molecule has 0 saturated heterocycles. The molecule has 0 amide bonds. The minimum absolute atomic E-state index is 0.0231. The first-order valence-electron chi connectivity index (χ1n) is 5.04. The zero-order valence-electron chi connectivity index (χ0n) is 10.00. The fourth-order valence-corrected chi connectivity index (χ4v) is 2.08. The molecule has 0 aliphatic heterocycles. The lowest BCUT2D eigenvalue weighted by Crippen LogP contribution is -2.40. The van der Waals surface area contributed by atoms with E-state index in [9.17, 15) is 4.79 Å². The predicted octanol–water partition coefficient (Wildman–Crippen LogP) is 2.12. The number of aliphatic carboxylic acids is 1. The Balaban J connectivity index is 4.58. The van der Waals surface area contributed by atoms with E-state index in [2.05, 4.69) is 0 Å². The Morgan fingerprint density at radius 3 is 2.00 bits per heavy atom. The van der Waals surface area contributed by atoms with Gasteiger partial charge < -0.3 is 9.53 Å². The highest BCUT2D eigenvalue weighted by Crippen LogP contribution is 2.30. The van der Waals surface area contributed by atoms with Gasteiger partial charge in [-0.25, -0.2) is 4.79 Å². The van der Waals surface area contributed by atoms with Crippen molar-refractivity contribution in [3.05, 3.63) is 0 Å². The van der Waals surface area contributed by atoms with Crippen molar-refractivity contribution in [2.75, 3.05) is 0 Å². The topological polar surface area (TPSA) is 46.5 Å². The van der Waals surface area contributed by atoms with Crippen LogP contribution >= 0.6 is 0 Å². The smallest absolute Gasteiger partial charge is 0.331 e. The molecule has 0 aromatic rings. The van der Waals surface area contributed by atoms with Crippen molar-refractivity contribution in [1.29, 1.82) is 0 Å². The first-order chi connectivity index (χ1) is 6.16. The average molecular weight is 218 g/mol. The van der Waals surface area contributed by atoms with E-state index in [1.54, 1.807) is 0 Å². The van der Waals surface area contributed by atoms with Crippen LogP contribution in [0.5, 0.6) is 0 Å². The largest absolute Gasteiger partial charge is 0.479 e. The van der Waals surface area contributed by atoms with Gasteiger partial charge in [0.1, 0.15) is 6.10 Å². The van der Waals surface area contributed by atoms with Crippen LogP contribution in [0.4, 0.5) is 0 Å². The summed E-state index contributed by atoms with van der Waals surface area (Å²) >= 11 is 0. The van der Waals surface area contributed by atoms with Gasteiger partial charge in [-0.15, -0.1) is 0 Å². The van der Waals surface area contributed by atoms with Crippen LogP contribution in [0.3, 0.4) is 0 Å². The summed E-state index contributed by atoms with van der Waals surface area (Å²) in [6.45, 7) is 12.0. The van der Waals surface area contributed by atoms with E-state index in [0.29, 0.717) is 0 Å². The average Bonchev–Trinajstić information content (AvgIpc) is 1.96. The lowest BCUT2D eigenvalue weighted by Gasteiger charge is -2.33. The first-order valence-corrected chi connectivity index (χ1v) is 7.82. The second-order valence-corrected chi connectivity index (χ2v) is 7.47. The molecule has 0 spiro atoms. The summed E-state index contributed by atoms with van der Waals surface area (Å²) in [4.78, 5) is 11.0. The van der Waals surface area contributed by atoms with Gasteiger partial charge in [-0.2, -0.15) is 0 Å². The van der Waals surface area contributed by atoms with Gasteiger partial charge >= 0.3 is 5.97 Å². The Morgan fingerprint density at radius 1 is 1.36 bits per heavy atom. The van der Waals surface area contributed by atoms with Gasteiger partial charge in [0, 0.05) is 0 Å². The Kier molecular flexibility index (Phi) is 4.81. The summed E-state index contributed by atoms with van der Waals surface area (Å²) in [6.07, 6.45) is -0.651. The number of rotatable bonds is 4. The Labute approximate surface area is 88.2 Å². The number of carboxylic acid groups (broad SMARTS) is 1. The zero-order chi connectivity index (χ0) is 11.5. The highest BCUT2D eigenvalue weighted by atomic mass is 28.3. The monoisotopic (exact) mass is 218 g/mol. The van der Waals surface area contributed by atoms with Gasteiger partial charge in [-0.1, -0.05) is 27.7 Å². The van der Waals surface area contributed by atoms with Crippen LogP contribution in [0, 0.1) is 11.3 Å². The van der Waals surface area contributed by atoms with Crippen LogP contribution in [0.2, 0.25) is 13.1 Å². The standard InChI is InChI=1S/C10H22O3Si/c1-7(10(2,3)4)8(9(11)12)13-14(5)6/h7-8,14H,1-6H3,(H,11,12). The summed E-state index contributed by atoms with van der Waals surface area (Å²) < 4.78 is 5.54. The van der Waals surface area contributed by atoms with Crippen molar-refractivity contribution in [1.82, 2.24) is 0 Å². The van der Waals surface area contributed by atoms with Crippen molar-refractivity contribution < 1.29 is 14.3 Å². The van der Waals surface area contributed by atoms with Gasteiger partial charge in [0.05, 0.1) is 0 Å². The van der Waals surface area contributed by atoms with Gasteiger partial charge in [0.15, 0.2) is 9.04 Å².